The van der Waals surface area contributed by atoms with Gasteiger partial charge in [-0.3, -0.25) is 4.79 Å². The fourth-order valence-electron chi connectivity index (χ4n) is 2.97. The number of aryl methyl sites for hydroxylation is 2. The number of hydrogen-bond donors (Lipinski definition) is 1. The molecule has 21 heavy (non-hydrogen) atoms. The third-order valence-corrected chi connectivity index (χ3v) is 4.08. The normalized spacial score (nSPS) is 13.6. The molecular weight excluding hydrogens is 265 g/mol. The highest BCUT2D eigenvalue weighted by Crippen LogP contribution is 2.28. The lowest BCUT2D eigenvalue weighted by atomic mass is 9.90. The Kier molecular flexibility index (Phi) is 3.74. The van der Waals surface area contributed by atoms with E-state index in [4.69, 9.17) is 0 Å². The van der Waals surface area contributed by atoms with Crippen LogP contribution >= 0.6 is 0 Å². The minimum absolute atomic E-state index is 0.175. The van der Waals surface area contributed by atoms with E-state index >= 15 is 0 Å². The maximum Gasteiger partial charge on any atom is 0.255 e. The van der Waals surface area contributed by atoms with Gasteiger partial charge in [0, 0.05) is 11.3 Å². The highest BCUT2D eigenvalue weighted by atomic mass is 19.1. The Morgan fingerprint density at radius 2 is 1.95 bits per heavy atom. The molecule has 1 amide bonds. The van der Waals surface area contributed by atoms with E-state index in [-0.39, 0.29) is 11.7 Å². The van der Waals surface area contributed by atoms with Crippen LogP contribution in [0.2, 0.25) is 0 Å². The lowest BCUT2D eigenvalue weighted by Crippen LogP contribution is -2.16. The summed E-state index contributed by atoms with van der Waals surface area (Å²) >= 11 is 0. The first-order valence-corrected chi connectivity index (χ1v) is 7.33. The van der Waals surface area contributed by atoms with E-state index in [2.05, 4.69) is 11.4 Å². The molecule has 0 bridgehead atoms. The smallest absolute Gasteiger partial charge is 0.255 e. The average molecular weight is 283 g/mol. The molecule has 0 atom stereocenters. The van der Waals surface area contributed by atoms with Crippen molar-refractivity contribution in [2.24, 2.45) is 0 Å². The van der Waals surface area contributed by atoms with E-state index < -0.39 is 0 Å². The number of halogens is 1. The summed E-state index contributed by atoms with van der Waals surface area (Å²) in [5.41, 5.74) is 4.63. The average Bonchev–Trinajstić information content (AvgIpc) is 2.47. The Hall–Kier alpha value is -2.16. The molecule has 0 unspecified atom stereocenters. The number of hydrogen-bond acceptors (Lipinski definition) is 1. The number of nitrogens with one attached hydrogen (secondary N) is 1. The number of rotatable bonds is 2. The third kappa shape index (κ3) is 2.82. The van der Waals surface area contributed by atoms with Gasteiger partial charge in [0.15, 0.2) is 0 Å². The first kappa shape index (κ1) is 13.8. The Labute approximate surface area is 124 Å². The molecule has 0 saturated heterocycles. The van der Waals surface area contributed by atoms with Crippen LogP contribution < -0.4 is 5.32 Å². The number of carbonyl (C=O) groups excluding carboxylic acids is 1. The Morgan fingerprint density at radius 1 is 1.14 bits per heavy atom. The van der Waals surface area contributed by atoms with Gasteiger partial charge in [-0.05, 0) is 73.6 Å². The molecule has 0 fully saturated rings. The number of anilines is 1. The highest BCUT2D eigenvalue weighted by molar-refractivity contribution is 6.05. The molecule has 2 aromatic rings. The first-order chi connectivity index (χ1) is 10.1. The van der Waals surface area contributed by atoms with Gasteiger partial charge in [0.2, 0.25) is 0 Å². The second-order valence-electron chi connectivity index (χ2n) is 5.56. The maximum absolute atomic E-state index is 13.1. The minimum atomic E-state index is -0.318. The standard InChI is InChI=1S/C18H18FNO/c1-12-11-14(19)9-10-15(12)18(21)20-17-8-4-6-13-5-2-3-7-16(13)17/h4,6,8-11H,2-3,5,7H2,1H3,(H,20,21). The van der Waals surface area contributed by atoms with Crippen molar-refractivity contribution in [1.82, 2.24) is 0 Å². The second kappa shape index (κ2) is 5.68. The second-order valence-corrected chi connectivity index (χ2v) is 5.56. The zero-order valence-electron chi connectivity index (χ0n) is 12.1. The Bertz CT molecular complexity index is 694. The predicted octanol–water partition coefficient (Wildman–Crippen LogP) is 4.27. The fraction of sp³-hybridized carbons (Fsp3) is 0.278. The van der Waals surface area contributed by atoms with Gasteiger partial charge < -0.3 is 5.32 Å². The van der Waals surface area contributed by atoms with Crippen molar-refractivity contribution in [2.75, 3.05) is 5.32 Å². The summed E-state index contributed by atoms with van der Waals surface area (Å²) < 4.78 is 13.1. The Morgan fingerprint density at radius 3 is 2.76 bits per heavy atom. The van der Waals surface area contributed by atoms with Crippen molar-refractivity contribution in [1.29, 1.82) is 0 Å². The van der Waals surface area contributed by atoms with Crippen LogP contribution in [0.3, 0.4) is 0 Å². The summed E-state index contributed by atoms with van der Waals surface area (Å²) in [6.07, 6.45) is 4.46. The van der Waals surface area contributed by atoms with Crippen LogP contribution in [-0.2, 0) is 12.8 Å². The van der Waals surface area contributed by atoms with Crippen molar-refractivity contribution in [2.45, 2.75) is 32.6 Å². The zero-order valence-corrected chi connectivity index (χ0v) is 12.1. The van der Waals surface area contributed by atoms with Crippen LogP contribution in [-0.4, -0.2) is 5.91 Å². The highest BCUT2D eigenvalue weighted by Gasteiger charge is 2.16. The molecule has 0 heterocycles. The monoisotopic (exact) mass is 283 g/mol. The summed E-state index contributed by atoms with van der Waals surface area (Å²) in [6, 6.07) is 10.3. The van der Waals surface area contributed by atoms with E-state index in [1.807, 2.05) is 12.1 Å². The van der Waals surface area contributed by atoms with Crippen LogP contribution in [0.25, 0.3) is 0 Å². The SMILES string of the molecule is Cc1cc(F)ccc1C(=O)Nc1cccc2c1CCCC2. The lowest BCUT2D eigenvalue weighted by Gasteiger charge is -2.19. The van der Waals surface area contributed by atoms with Gasteiger partial charge in [-0.15, -0.1) is 0 Å². The number of carbonyl (C=O) groups is 1. The van der Waals surface area contributed by atoms with Gasteiger partial charge in [0.1, 0.15) is 5.82 Å². The van der Waals surface area contributed by atoms with Crippen LogP contribution in [0.5, 0.6) is 0 Å². The summed E-state index contributed by atoms with van der Waals surface area (Å²) in [7, 11) is 0. The molecule has 0 radical (unpaired) electrons. The largest absolute Gasteiger partial charge is 0.322 e. The summed E-state index contributed by atoms with van der Waals surface area (Å²) in [4.78, 5) is 12.4. The number of fused-ring (bicyclic) bond motifs is 1. The van der Waals surface area contributed by atoms with E-state index in [0.717, 1.165) is 24.9 Å². The molecule has 3 heteroatoms. The summed E-state index contributed by atoms with van der Waals surface area (Å²) in [5.74, 6) is -0.493. The molecule has 0 spiro atoms. The quantitative estimate of drug-likeness (QED) is 0.876. The maximum atomic E-state index is 13.1. The molecule has 0 aromatic heterocycles. The van der Waals surface area contributed by atoms with Gasteiger partial charge in [-0.1, -0.05) is 12.1 Å². The number of benzene rings is 2. The van der Waals surface area contributed by atoms with Gasteiger partial charge >= 0.3 is 0 Å². The van der Waals surface area contributed by atoms with Crippen molar-refractivity contribution in [3.63, 3.8) is 0 Å². The molecule has 108 valence electrons. The van der Waals surface area contributed by atoms with Gasteiger partial charge in [0.05, 0.1) is 0 Å². The predicted molar refractivity (Wildman–Crippen MR) is 82.2 cm³/mol. The van der Waals surface area contributed by atoms with E-state index in [1.165, 1.54) is 35.7 Å². The summed E-state index contributed by atoms with van der Waals surface area (Å²) in [5, 5.41) is 2.99. The van der Waals surface area contributed by atoms with Gasteiger partial charge in [-0.25, -0.2) is 4.39 Å². The van der Waals surface area contributed by atoms with E-state index in [1.54, 1.807) is 6.92 Å². The van der Waals surface area contributed by atoms with Gasteiger partial charge in [0.25, 0.3) is 5.91 Å². The summed E-state index contributed by atoms with van der Waals surface area (Å²) in [6.45, 7) is 1.75. The van der Waals surface area contributed by atoms with Crippen LogP contribution in [0.4, 0.5) is 10.1 Å². The first-order valence-electron chi connectivity index (χ1n) is 7.33. The molecule has 1 aliphatic rings. The fourth-order valence-corrected chi connectivity index (χ4v) is 2.97. The van der Waals surface area contributed by atoms with E-state index in [9.17, 15) is 9.18 Å². The minimum Gasteiger partial charge on any atom is -0.322 e. The molecule has 2 aromatic carbocycles. The van der Waals surface area contributed by atoms with Crippen LogP contribution in [0.15, 0.2) is 36.4 Å². The topological polar surface area (TPSA) is 29.1 Å². The molecule has 3 rings (SSSR count). The van der Waals surface area contributed by atoms with Crippen molar-refractivity contribution in [3.05, 3.63) is 64.5 Å². The molecule has 1 N–H and O–H groups in total. The molecule has 2 nitrogen and oxygen atoms in total. The van der Waals surface area contributed by atoms with Crippen LogP contribution in [0.1, 0.15) is 39.9 Å². The lowest BCUT2D eigenvalue weighted by molar-refractivity contribution is 0.102. The molecule has 0 aliphatic heterocycles. The van der Waals surface area contributed by atoms with Crippen molar-refractivity contribution in [3.8, 4) is 0 Å². The van der Waals surface area contributed by atoms with Gasteiger partial charge in [-0.2, -0.15) is 0 Å². The van der Waals surface area contributed by atoms with E-state index in [0.29, 0.717) is 11.1 Å². The number of amides is 1. The molecular formula is C18H18FNO. The van der Waals surface area contributed by atoms with Crippen molar-refractivity contribution >= 4 is 11.6 Å². The third-order valence-electron chi connectivity index (χ3n) is 4.08. The Balaban J connectivity index is 1.88. The molecule has 1 aliphatic carbocycles. The van der Waals surface area contributed by atoms with Crippen LogP contribution in [0, 0.1) is 12.7 Å². The zero-order chi connectivity index (χ0) is 14.8. The van der Waals surface area contributed by atoms with Crippen molar-refractivity contribution < 1.29 is 9.18 Å². The molecule has 0 saturated carbocycles.